The number of nitrogens with one attached hydrogen (secondary N) is 1. The van der Waals surface area contributed by atoms with Gasteiger partial charge in [-0.3, -0.25) is 19.3 Å². The zero-order valence-corrected chi connectivity index (χ0v) is 13.5. The van der Waals surface area contributed by atoms with Gasteiger partial charge < -0.3 is 14.8 Å². The van der Waals surface area contributed by atoms with Crippen LogP contribution in [0.15, 0.2) is 48.8 Å². The van der Waals surface area contributed by atoms with Crippen molar-refractivity contribution in [2.24, 2.45) is 0 Å². The zero-order chi connectivity index (χ0) is 18.3. The Hall–Kier alpha value is -3.68. The monoisotopic (exact) mass is 350 g/mol. The fourth-order valence-corrected chi connectivity index (χ4v) is 2.91. The highest BCUT2D eigenvalue weighted by Crippen LogP contribution is 2.22. The number of rotatable bonds is 4. The van der Waals surface area contributed by atoms with Crippen LogP contribution < -0.4 is 5.32 Å². The lowest BCUT2D eigenvalue weighted by molar-refractivity contribution is -0.121. The molecular formula is C18H14N4O4. The third-order valence-electron chi connectivity index (χ3n) is 4.16. The van der Waals surface area contributed by atoms with Gasteiger partial charge in [-0.15, -0.1) is 0 Å². The number of carbonyl (C=O) groups excluding carboxylic acids is 3. The van der Waals surface area contributed by atoms with Gasteiger partial charge in [-0.2, -0.15) is 0 Å². The zero-order valence-electron chi connectivity index (χ0n) is 13.5. The van der Waals surface area contributed by atoms with Crippen molar-refractivity contribution in [2.45, 2.75) is 6.54 Å². The van der Waals surface area contributed by atoms with Gasteiger partial charge in [0.2, 0.25) is 5.91 Å². The first kappa shape index (κ1) is 15.8. The van der Waals surface area contributed by atoms with Crippen LogP contribution in [0.1, 0.15) is 26.4 Å². The number of aromatic nitrogens is 2. The summed E-state index contributed by atoms with van der Waals surface area (Å²) in [6, 6.07) is 9.67. The Kier molecular flexibility index (Phi) is 3.65. The molecule has 0 fully saturated rings. The number of carbonyl (C=O) groups is 3. The van der Waals surface area contributed by atoms with E-state index < -0.39 is 17.7 Å². The summed E-state index contributed by atoms with van der Waals surface area (Å²) in [6.07, 6.45) is 3.41. The summed E-state index contributed by atoms with van der Waals surface area (Å²) in [4.78, 5) is 41.8. The lowest BCUT2D eigenvalue weighted by Crippen LogP contribution is -2.40. The molecule has 0 radical (unpaired) electrons. The fraction of sp³-hybridized carbons (Fsp3) is 0.111. The van der Waals surface area contributed by atoms with Crippen LogP contribution >= 0.6 is 0 Å². The molecule has 26 heavy (non-hydrogen) atoms. The topological polar surface area (TPSA) is 104 Å². The van der Waals surface area contributed by atoms with Gasteiger partial charge in [0.05, 0.1) is 23.4 Å². The molecular weight excluding hydrogens is 336 g/mol. The number of nitrogens with zero attached hydrogens (tertiary/aromatic N) is 3. The average Bonchev–Trinajstić information content (AvgIpc) is 3.16. The van der Waals surface area contributed by atoms with Crippen molar-refractivity contribution >= 4 is 23.4 Å². The van der Waals surface area contributed by atoms with Crippen molar-refractivity contribution in [3.8, 4) is 5.75 Å². The average molecular weight is 350 g/mol. The van der Waals surface area contributed by atoms with Crippen LogP contribution in [-0.4, -0.2) is 43.7 Å². The number of aromatic hydroxyl groups is 1. The molecule has 1 aromatic carbocycles. The summed E-state index contributed by atoms with van der Waals surface area (Å²) in [7, 11) is 0. The molecule has 130 valence electrons. The Morgan fingerprint density at radius 2 is 1.77 bits per heavy atom. The van der Waals surface area contributed by atoms with Gasteiger partial charge in [0.15, 0.2) is 11.4 Å². The minimum atomic E-state index is -0.474. The van der Waals surface area contributed by atoms with Crippen LogP contribution in [0.5, 0.6) is 5.75 Å². The van der Waals surface area contributed by atoms with Crippen molar-refractivity contribution in [1.82, 2.24) is 19.6 Å². The van der Waals surface area contributed by atoms with Crippen molar-refractivity contribution in [2.75, 3.05) is 6.54 Å². The van der Waals surface area contributed by atoms with Gasteiger partial charge in [0.25, 0.3) is 11.8 Å². The Bertz CT molecular complexity index is 1020. The highest BCUT2D eigenvalue weighted by Gasteiger charge is 2.36. The number of pyridine rings is 1. The van der Waals surface area contributed by atoms with Gasteiger partial charge in [0.1, 0.15) is 6.54 Å². The van der Waals surface area contributed by atoms with E-state index in [1.165, 1.54) is 6.07 Å². The van der Waals surface area contributed by atoms with Gasteiger partial charge in [0, 0.05) is 12.4 Å². The van der Waals surface area contributed by atoms with Crippen LogP contribution in [0.3, 0.4) is 0 Å². The molecule has 0 unspecified atom stereocenters. The molecule has 2 N–H and O–H groups in total. The summed E-state index contributed by atoms with van der Waals surface area (Å²) in [5, 5.41) is 12.4. The predicted molar refractivity (Wildman–Crippen MR) is 90.5 cm³/mol. The molecule has 8 nitrogen and oxygen atoms in total. The molecule has 0 bridgehead atoms. The van der Waals surface area contributed by atoms with Crippen molar-refractivity contribution in [3.63, 3.8) is 0 Å². The second-order valence-corrected chi connectivity index (χ2v) is 5.88. The van der Waals surface area contributed by atoms with Gasteiger partial charge in [-0.05, 0) is 24.3 Å². The van der Waals surface area contributed by atoms with Gasteiger partial charge in [-0.25, -0.2) is 4.98 Å². The van der Waals surface area contributed by atoms with Crippen molar-refractivity contribution in [3.05, 3.63) is 65.6 Å². The van der Waals surface area contributed by atoms with Crippen LogP contribution in [0.4, 0.5) is 0 Å². The summed E-state index contributed by atoms with van der Waals surface area (Å²) in [5.41, 5.74) is 1.54. The maximum Gasteiger partial charge on any atom is 0.262 e. The van der Waals surface area contributed by atoms with E-state index in [2.05, 4.69) is 10.3 Å². The molecule has 0 saturated heterocycles. The molecule has 0 spiro atoms. The molecule has 3 aromatic rings. The fourth-order valence-electron chi connectivity index (χ4n) is 2.91. The normalized spacial score (nSPS) is 13.3. The maximum absolute atomic E-state index is 12.3. The third kappa shape index (κ3) is 2.57. The van der Waals surface area contributed by atoms with Crippen LogP contribution in [0.25, 0.3) is 5.65 Å². The Morgan fingerprint density at radius 1 is 1.08 bits per heavy atom. The van der Waals surface area contributed by atoms with E-state index in [0.29, 0.717) is 22.5 Å². The number of imidazole rings is 1. The molecule has 0 atom stereocenters. The highest BCUT2D eigenvalue weighted by atomic mass is 16.3. The molecule has 1 aliphatic heterocycles. The van der Waals surface area contributed by atoms with E-state index in [4.69, 9.17) is 0 Å². The summed E-state index contributed by atoms with van der Waals surface area (Å²) < 4.78 is 1.64. The first-order valence-corrected chi connectivity index (χ1v) is 7.92. The molecule has 1 aliphatic rings. The molecule has 8 heteroatoms. The van der Waals surface area contributed by atoms with E-state index in [1.807, 2.05) is 0 Å². The van der Waals surface area contributed by atoms with E-state index in [-0.39, 0.29) is 18.8 Å². The maximum atomic E-state index is 12.3. The molecule has 0 saturated carbocycles. The molecule has 4 rings (SSSR count). The third-order valence-corrected chi connectivity index (χ3v) is 4.16. The Balaban J connectivity index is 1.42. The van der Waals surface area contributed by atoms with Gasteiger partial charge >= 0.3 is 0 Å². The number of amides is 3. The molecule has 0 aliphatic carbocycles. The van der Waals surface area contributed by atoms with Crippen molar-refractivity contribution < 1.29 is 19.5 Å². The predicted octanol–water partition coefficient (Wildman–Crippen LogP) is 0.952. The van der Waals surface area contributed by atoms with E-state index in [9.17, 15) is 19.5 Å². The number of hydrogen-bond donors (Lipinski definition) is 2. The van der Waals surface area contributed by atoms with E-state index in [0.717, 1.165) is 4.90 Å². The number of imide groups is 1. The highest BCUT2D eigenvalue weighted by molar-refractivity contribution is 6.22. The second-order valence-electron chi connectivity index (χ2n) is 5.88. The lowest BCUT2D eigenvalue weighted by Gasteiger charge is -2.13. The largest absolute Gasteiger partial charge is 0.504 e. The number of fused-ring (bicyclic) bond motifs is 2. The number of benzene rings is 1. The first-order valence-electron chi connectivity index (χ1n) is 7.92. The first-order chi connectivity index (χ1) is 12.5. The standard InChI is InChI=1S/C18H14N4O4/c23-14-6-3-7-21-9-11(20-16(14)21)8-19-15(24)10-22-17(25)12-4-1-2-5-13(12)18(22)26/h1-7,9,23H,8,10H2,(H,19,24). The summed E-state index contributed by atoms with van der Waals surface area (Å²) in [6.45, 7) is -0.242. The van der Waals surface area contributed by atoms with Crippen molar-refractivity contribution in [1.29, 1.82) is 0 Å². The smallest absolute Gasteiger partial charge is 0.262 e. The molecule has 2 aromatic heterocycles. The lowest BCUT2D eigenvalue weighted by atomic mass is 10.1. The molecule has 3 amide bonds. The second kappa shape index (κ2) is 5.99. The van der Waals surface area contributed by atoms with E-state index >= 15 is 0 Å². The Morgan fingerprint density at radius 3 is 2.42 bits per heavy atom. The SMILES string of the molecule is O=C(CN1C(=O)c2ccccc2C1=O)NCc1cn2cccc(O)c2n1. The summed E-state index contributed by atoms with van der Waals surface area (Å²) in [5.74, 6) is -1.38. The Labute approximate surface area is 147 Å². The minimum absolute atomic E-state index is 0.0381. The van der Waals surface area contributed by atoms with Gasteiger partial charge in [-0.1, -0.05) is 12.1 Å². The van der Waals surface area contributed by atoms with Crippen LogP contribution in [0, 0.1) is 0 Å². The number of hydrogen-bond acceptors (Lipinski definition) is 5. The molecule has 3 heterocycles. The minimum Gasteiger partial charge on any atom is -0.504 e. The summed E-state index contributed by atoms with van der Waals surface area (Å²) >= 11 is 0. The van der Waals surface area contributed by atoms with E-state index in [1.54, 1.807) is 47.1 Å². The van der Waals surface area contributed by atoms with Crippen LogP contribution in [-0.2, 0) is 11.3 Å². The quantitative estimate of drug-likeness (QED) is 0.682. The van der Waals surface area contributed by atoms with Crippen LogP contribution in [0.2, 0.25) is 0 Å².